The van der Waals surface area contributed by atoms with E-state index in [1.54, 1.807) is 42.5 Å². The number of aromatic nitrogens is 1. The predicted octanol–water partition coefficient (Wildman–Crippen LogP) is 4.27. The largest absolute Gasteiger partial charge is 0.493 e. The molecule has 0 saturated carbocycles. The maximum absolute atomic E-state index is 13.7. The SMILES string of the molecule is COc1cc([C@H]2c3c(oc4ccccc4c3=O)C(=O)N2c2cccc(C)n2)cc(OC)c1OC. The number of anilines is 1. The monoisotopic (exact) mass is 458 g/mol. The first-order valence-corrected chi connectivity index (χ1v) is 10.6. The molecule has 4 aromatic rings. The third kappa shape index (κ3) is 3.18. The molecule has 1 amide bonds. The van der Waals surface area contributed by atoms with E-state index in [-0.39, 0.29) is 16.8 Å². The lowest BCUT2D eigenvalue weighted by molar-refractivity contribution is 0.0970. The summed E-state index contributed by atoms with van der Waals surface area (Å²) < 4.78 is 22.5. The number of hydrogen-bond acceptors (Lipinski definition) is 7. The minimum absolute atomic E-state index is 0.00856. The summed E-state index contributed by atoms with van der Waals surface area (Å²) in [5.41, 5.74) is 1.63. The highest BCUT2D eigenvalue weighted by Gasteiger charge is 2.44. The Bertz CT molecular complexity index is 1470. The zero-order valence-electron chi connectivity index (χ0n) is 19.1. The van der Waals surface area contributed by atoms with Gasteiger partial charge in [-0.1, -0.05) is 18.2 Å². The lowest BCUT2D eigenvalue weighted by Gasteiger charge is -2.25. The van der Waals surface area contributed by atoms with Crippen LogP contribution in [0.4, 0.5) is 5.82 Å². The summed E-state index contributed by atoms with van der Waals surface area (Å²) in [7, 11) is 4.53. The van der Waals surface area contributed by atoms with Gasteiger partial charge in [-0.15, -0.1) is 0 Å². The lowest BCUT2D eigenvalue weighted by atomic mass is 9.97. The highest BCUT2D eigenvalue weighted by Crippen LogP contribution is 2.46. The van der Waals surface area contributed by atoms with Crippen LogP contribution < -0.4 is 24.5 Å². The Hall–Kier alpha value is -4.33. The molecule has 0 N–H and O–H groups in total. The van der Waals surface area contributed by atoms with Crippen molar-refractivity contribution in [3.05, 3.63) is 87.4 Å². The average molecular weight is 458 g/mol. The van der Waals surface area contributed by atoms with Crippen molar-refractivity contribution in [2.24, 2.45) is 0 Å². The molecule has 0 saturated heterocycles. The number of ether oxygens (including phenoxy) is 3. The third-order valence-corrected chi connectivity index (χ3v) is 5.90. The van der Waals surface area contributed by atoms with Crippen molar-refractivity contribution in [1.29, 1.82) is 0 Å². The Morgan fingerprint density at radius 3 is 2.26 bits per heavy atom. The van der Waals surface area contributed by atoms with Crippen LogP contribution in [0.3, 0.4) is 0 Å². The second-order valence-corrected chi connectivity index (χ2v) is 7.84. The predicted molar refractivity (Wildman–Crippen MR) is 126 cm³/mol. The summed E-state index contributed by atoms with van der Waals surface area (Å²) in [6, 6.07) is 14.9. The van der Waals surface area contributed by atoms with E-state index < -0.39 is 11.9 Å². The van der Waals surface area contributed by atoms with Gasteiger partial charge in [-0.05, 0) is 48.9 Å². The van der Waals surface area contributed by atoms with Gasteiger partial charge in [-0.2, -0.15) is 0 Å². The van der Waals surface area contributed by atoms with E-state index in [9.17, 15) is 9.59 Å². The van der Waals surface area contributed by atoms with Gasteiger partial charge in [0.2, 0.25) is 11.5 Å². The number of rotatable bonds is 5. The number of pyridine rings is 1. The number of aryl methyl sites for hydroxylation is 1. The summed E-state index contributed by atoms with van der Waals surface area (Å²) in [5.74, 6) is 1.16. The molecule has 0 radical (unpaired) electrons. The van der Waals surface area contributed by atoms with E-state index in [0.29, 0.717) is 39.6 Å². The fourth-order valence-electron chi connectivity index (χ4n) is 4.39. The molecule has 172 valence electrons. The molecule has 2 aromatic carbocycles. The smallest absolute Gasteiger partial charge is 0.296 e. The second kappa shape index (κ2) is 8.22. The fraction of sp³-hybridized carbons (Fsp3) is 0.192. The third-order valence-electron chi connectivity index (χ3n) is 5.90. The van der Waals surface area contributed by atoms with Crippen LogP contribution in [0.25, 0.3) is 11.0 Å². The van der Waals surface area contributed by atoms with Crippen molar-refractivity contribution >= 4 is 22.7 Å². The molecule has 0 spiro atoms. The van der Waals surface area contributed by atoms with Gasteiger partial charge >= 0.3 is 0 Å². The van der Waals surface area contributed by atoms with Gasteiger partial charge in [0.05, 0.1) is 38.3 Å². The molecule has 0 fully saturated rings. The molecule has 2 aromatic heterocycles. The summed E-state index contributed by atoms with van der Waals surface area (Å²) in [6.07, 6.45) is 0. The first-order valence-electron chi connectivity index (χ1n) is 10.6. The van der Waals surface area contributed by atoms with Crippen molar-refractivity contribution in [2.45, 2.75) is 13.0 Å². The van der Waals surface area contributed by atoms with Crippen LogP contribution in [0.2, 0.25) is 0 Å². The number of fused-ring (bicyclic) bond motifs is 2. The van der Waals surface area contributed by atoms with E-state index in [1.807, 2.05) is 19.1 Å². The van der Waals surface area contributed by atoms with Crippen LogP contribution in [0, 0.1) is 6.92 Å². The number of carbonyl (C=O) groups is 1. The number of benzene rings is 2. The van der Waals surface area contributed by atoms with Crippen LogP contribution >= 0.6 is 0 Å². The molecule has 1 aliphatic rings. The van der Waals surface area contributed by atoms with E-state index >= 15 is 0 Å². The normalized spacial score (nSPS) is 14.9. The fourth-order valence-corrected chi connectivity index (χ4v) is 4.39. The van der Waals surface area contributed by atoms with Crippen molar-refractivity contribution < 1.29 is 23.4 Å². The first kappa shape index (κ1) is 21.5. The molecule has 8 nitrogen and oxygen atoms in total. The van der Waals surface area contributed by atoms with Gasteiger partial charge in [0.25, 0.3) is 5.91 Å². The van der Waals surface area contributed by atoms with Gasteiger partial charge in [-0.25, -0.2) is 4.98 Å². The Kier molecular flexibility index (Phi) is 5.20. The number of methoxy groups -OCH3 is 3. The Morgan fingerprint density at radius 2 is 1.62 bits per heavy atom. The molecule has 3 heterocycles. The minimum atomic E-state index is -0.814. The van der Waals surface area contributed by atoms with Gasteiger partial charge in [0.1, 0.15) is 11.4 Å². The summed E-state index contributed by atoms with van der Waals surface area (Å²) in [4.78, 5) is 33.4. The molecule has 0 bridgehead atoms. The van der Waals surface area contributed by atoms with Crippen LogP contribution in [-0.4, -0.2) is 32.2 Å². The van der Waals surface area contributed by atoms with Gasteiger partial charge in [-0.3, -0.25) is 14.5 Å². The second-order valence-electron chi connectivity index (χ2n) is 7.84. The molecule has 5 rings (SSSR count). The van der Waals surface area contributed by atoms with Gasteiger partial charge in [0.15, 0.2) is 16.9 Å². The number of nitrogens with zero attached hydrogens (tertiary/aromatic N) is 2. The summed E-state index contributed by atoms with van der Waals surface area (Å²) in [5, 5.41) is 0.394. The van der Waals surface area contributed by atoms with Crippen LogP contribution in [0.15, 0.2) is 63.8 Å². The van der Waals surface area contributed by atoms with Crippen molar-refractivity contribution in [2.75, 3.05) is 26.2 Å². The molecular formula is C26H22N2O6. The topological polar surface area (TPSA) is 91.1 Å². The summed E-state index contributed by atoms with van der Waals surface area (Å²) in [6.45, 7) is 1.84. The van der Waals surface area contributed by atoms with Crippen molar-refractivity contribution in [3.63, 3.8) is 0 Å². The van der Waals surface area contributed by atoms with E-state index in [2.05, 4.69) is 4.98 Å². The number of hydrogen-bond donors (Lipinski definition) is 0. The number of carbonyl (C=O) groups excluding carboxylic acids is 1. The van der Waals surface area contributed by atoms with Crippen LogP contribution in [0.1, 0.15) is 33.4 Å². The number of para-hydroxylation sites is 1. The Labute approximate surface area is 195 Å². The van der Waals surface area contributed by atoms with Gasteiger partial charge < -0.3 is 18.6 Å². The van der Waals surface area contributed by atoms with Crippen molar-refractivity contribution in [1.82, 2.24) is 4.98 Å². The zero-order chi connectivity index (χ0) is 24.0. The maximum Gasteiger partial charge on any atom is 0.296 e. The highest BCUT2D eigenvalue weighted by atomic mass is 16.5. The van der Waals surface area contributed by atoms with Gasteiger partial charge in [0, 0.05) is 5.69 Å². The molecule has 8 heteroatoms. The van der Waals surface area contributed by atoms with E-state index in [1.165, 1.54) is 26.2 Å². The maximum atomic E-state index is 13.7. The molecule has 34 heavy (non-hydrogen) atoms. The standard InChI is InChI=1S/C26H22N2O6/c1-14-8-7-11-20(27-14)28-22(15-12-18(31-2)24(33-4)19(13-15)32-3)21-23(29)16-9-5-6-10-17(16)34-25(21)26(28)30/h5-13,22H,1-4H3/t22-/m0/s1. The lowest BCUT2D eigenvalue weighted by Crippen LogP contribution is -2.30. The average Bonchev–Trinajstić information content (AvgIpc) is 3.15. The molecule has 1 atom stereocenters. The molecular weight excluding hydrogens is 436 g/mol. The molecule has 0 aliphatic carbocycles. The highest BCUT2D eigenvalue weighted by molar-refractivity contribution is 6.10. The molecule has 1 aliphatic heterocycles. The quantitative estimate of drug-likeness (QED) is 0.441. The van der Waals surface area contributed by atoms with Crippen LogP contribution in [-0.2, 0) is 0 Å². The van der Waals surface area contributed by atoms with E-state index in [0.717, 1.165) is 5.69 Å². The van der Waals surface area contributed by atoms with E-state index in [4.69, 9.17) is 18.6 Å². The first-order chi connectivity index (χ1) is 16.5. The van der Waals surface area contributed by atoms with Crippen molar-refractivity contribution in [3.8, 4) is 17.2 Å². The van der Waals surface area contributed by atoms with Crippen LogP contribution in [0.5, 0.6) is 17.2 Å². The summed E-state index contributed by atoms with van der Waals surface area (Å²) >= 11 is 0. The Morgan fingerprint density at radius 1 is 0.912 bits per heavy atom. The zero-order valence-corrected chi connectivity index (χ0v) is 19.1. The number of amides is 1. The molecule has 0 unspecified atom stereocenters. The Balaban J connectivity index is 1.84. The minimum Gasteiger partial charge on any atom is -0.493 e.